The maximum Gasteiger partial charge on any atom is 0.224 e. The second kappa shape index (κ2) is 19.1. The van der Waals surface area contributed by atoms with Crippen molar-refractivity contribution in [1.29, 1.82) is 0 Å². The molecule has 0 unspecified atom stereocenters. The Bertz CT molecular complexity index is 758. The van der Waals surface area contributed by atoms with Crippen molar-refractivity contribution in [3.63, 3.8) is 0 Å². The highest BCUT2D eigenvalue weighted by Gasteiger charge is 2.09. The Hall–Kier alpha value is -2.61. The number of carbonyl (C=O) groups excluding carboxylic acids is 1. The smallest absolute Gasteiger partial charge is 0.224 e. The van der Waals surface area contributed by atoms with Crippen LogP contribution >= 0.6 is 0 Å². The fourth-order valence-electron chi connectivity index (χ4n) is 3.35. The third-order valence-corrected chi connectivity index (χ3v) is 5.20. The lowest BCUT2D eigenvalue weighted by molar-refractivity contribution is -0.116. The van der Waals surface area contributed by atoms with Crippen molar-refractivity contribution in [2.45, 2.75) is 85.0 Å². The van der Waals surface area contributed by atoms with E-state index in [2.05, 4.69) is 105 Å². The van der Waals surface area contributed by atoms with Gasteiger partial charge >= 0.3 is 0 Å². The quantitative estimate of drug-likeness (QED) is 0.205. The summed E-state index contributed by atoms with van der Waals surface area (Å²) in [6.07, 6.45) is 31.4. The van der Waals surface area contributed by atoms with Crippen molar-refractivity contribution < 1.29 is 4.79 Å². The highest BCUT2D eigenvalue weighted by molar-refractivity contribution is 5.92. The van der Waals surface area contributed by atoms with Gasteiger partial charge in [0, 0.05) is 12.1 Å². The molecule has 0 aliphatic heterocycles. The molecule has 32 heavy (non-hydrogen) atoms. The molecule has 0 saturated carbocycles. The number of rotatable bonds is 16. The molecular weight excluding hydrogens is 390 g/mol. The minimum absolute atomic E-state index is 0.118. The Morgan fingerprint density at radius 1 is 0.719 bits per heavy atom. The van der Waals surface area contributed by atoms with Crippen molar-refractivity contribution in [1.82, 2.24) is 0 Å². The zero-order chi connectivity index (χ0) is 23.3. The van der Waals surface area contributed by atoms with Gasteiger partial charge in [0.25, 0.3) is 0 Å². The van der Waals surface area contributed by atoms with Crippen molar-refractivity contribution in [3.8, 4) is 0 Å². The predicted molar refractivity (Wildman–Crippen MR) is 142 cm³/mol. The molecule has 1 amide bonds. The second-order valence-corrected chi connectivity index (χ2v) is 7.81. The molecular formula is C30H43NO. The highest BCUT2D eigenvalue weighted by Crippen LogP contribution is 2.23. The number of para-hydroxylation sites is 1. The van der Waals surface area contributed by atoms with Crippen LogP contribution in [0.1, 0.15) is 83.3 Å². The van der Waals surface area contributed by atoms with Gasteiger partial charge in [-0.05, 0) is 68.9 Å². The summed E-state index contributed by atoms with van der Waals surface area (Å²) in [5.41, 5.74) is 3.46. The summed E-state index contributed by atoms with van der Waals surface area (Å²) in [7, 11) is 0. The van der Waals surface area contributed by atoms with Crippen LogP contribution in [0.4, 0.5) is 5.69 Å². The largest absolute Gasteiger partial charge is 0.326 e. The van der Waals surface area contributed by atoms with Crippen molar-refractivity contribution >= 4 is 11.6 Å². The van der Waals surface area contributed by atoms with E-state index in [0.717, 1.165) is 63.5 Å². The molecule has 0 bridgehead atoms. The lowest BCUT2D eigenvalue weighted by Crippen LogP contribution is -2.14. The number of nitrogens with one attached hydrogen (secondary N) is 1. The standard InChI is InChI=1S/C30H43NO/c1-4-7-8-9-10-11-12-13-14-15-16-17-18-19-20-21-22-26-29(32)31-30-27(5-2)24-23-25-28(30)6-3/h7-8,10-11,13-14,16-17,19-20,23-25H,4-6,9,12,15,18,21-22,26H2,1-3H3,(H,31,32)/b8-7+,11-10+,14-13+,17-16+,20-19+. The van der Waals surface area contributed by atoms with Gasteiger partial charge in [-0.2, -0.15) is 0 Å². The maximum absolute atomic E-state index is 12.3. The van der Waals surface area contributed by atoms with E-state index in [1.165, 1.54) is 11.1 Å². The second-order valence-electron chi connectivity index (χ2n) is 7.81. The minimum atomic E-state index is 0.118. The van der Waals surface area contributed by atoms with Crippen LogP contribution in [0.2, 0.25) is 0 Å². The van der Waals surface area contributed by atoms with Gasteiger partial charge < -0.3 is 5.32 Å². The zero-order valence-corrected chi connectivity index (χ0v) is 20.5. The first-order chi connectivity index (χ1) is 15.7. The van der Waals surface area contributed by atoms with Gasteiger partial charge in [-0.3, -0.25) is 4.79 Å². The van der Waals surface area contributed by atoms with E-state index in [4.69, 9.17) is 0 Å². The lowest BCUT2D eigenvalue weighted by atomic mass is 10.0. The third kappa shape index (κ3) is 12.9. The lowest BCUT2D eigenvalue weighted by Gasteiger charge is -2.14. The molecule has 0 aliphatic carbocycles. The van der Waals surface area contributed by atoms with Gasteiger partial charge in [0.1, 0.15) is 0 Å². The van der Waals surface area contributed by atoms with Gasteiger partial charge in [-0.15, -0.1) is 0 Å². The molecule has 174 valence electrons. The molecule has 0 aliphatic rings. The summed E-state index contributed by atoms with van der Waals surface area (Å²) in [4.78, 5) is 12.3. The van der Waals surface area contributed by atoms with E-state index in [-0.39, 0.29) is 5.91 Å². The van der Waals surface area contributed by atoms with E-state index >= 15 is 0 Å². The average Bonchev–Trinajstić information content (AvgIpc) is 2.81. The number of unbranched alkanes of at least 4 members (excludes halogenated alkanes) is 1. The number of benzene rings is 1. The molecule has 0 fully saturated rings. The van der Waals surface area contributed by atoms with Crippen molar-refractivity contribution in [2.75, 3.05) is 5.32 Å². The first kappa shape index (κ1) is 27.4. The predicted octanol–water partition coefficient (Wildman–Crippen LogP) is 8.67. The molecule has 0 aromatic heterocycles. The van der Waals surface area contributed by atoms with E-state index < -0.39 is 0 Å². The van der Waals surface area contributed by atoms with Crippen LogP contribution in [0, 0.1) is 0 Å². The number of carbonyl (C=O) groups is 1. The average molecular weight is 434 g/mol. The fourth-order valence-corrected chi connectivity index (χ4v) is 3.35. The van der Waals surface area contributed by atoms with Gasteiger partial charge in [-0.1, -0.05) is 99.7 Å². The van der Waals surface area contributed by atoms with Gasteiger partial charge in [0.15, 0.2) is 0 Å². The Morgan fingerprint density at radius 3 is 1.66 bits per heavy atom. The molecule has 0 radical (unpaired) electrons. The van der Waals surface area contributed by atoms with Gasteiger partial charge in [0.05, 0.1) is 0 Å². The number of anilines is 1. The molecule has 0 atom stereocenters. The molecule has 1 aromatic rings. The minimum Gasteiger partial charge on any atom is -0.326 e. The number of allylic oxidation sites excluding steroid dienone is 10. The molecule has 0 saturated heterocycles. The van der Waals surface area contributed by atoms with Crippen LogP contribution in [0.15, 0.2) is 79.0 Å². The SMILES string of the molecule is CC/C=C/C/C=C/C/C=C/C/C=C/C/C=C/CCCC(=O)Nc1c(CC)cccc1CC. The zero-order valence-electron chi connectivity index (χ0n) is 20.5. The molecule has 1 N–H and O–H groups in total. The molecule has 0 heterocycles. The number of aryl methyl sites for hydroxylation is 2. The maximum atomic E-state index is 12.3. The van der Waals surface area contributed by atoms with E-state index in [1.807, 2.05) is 0 Å². The summed E-state index contributed by atoms with van der Waals surface area (Å²) >= 11 is 0. The third-order valence-electron chi connectivity index (χ3n) is 5.20. The first-order valence-electron chi connectivity index (χ1n) is 12.4. The molecule has 1 rings (SSSR count). The van der Waals surface area contributed by atoms with Crippen LogP contribution in [0.3, 0.4) is 0 Å². The van der Waals surface area contributed by atoms with Crippen LogP contribution in [-0.4, -0.2) is 5.91 Å². The van der Waals surface area contributed by atoms with Crippen LogP contribution in [0.5, 0.6) is 0 Å². The van der Waals surface area contributed by atoms with Crippen molar-refractivity contribution in [2.24, 2.45) is 0 Å². The number of hydrogen-bond donors (Lipinski definition) is 1. The topological polar surface area (TPSA) is 29.1 Å². The Balaban J connectivity index is 2.15. The van der Waals surface area contributed by atoms with Crippen LogP contribution in [0.25, 0.3) is 0 Å². The summed E-state index contributed by atoms with van der Waals surface area (Å²) in [6.45, 7) is 6.42. The summed E-state index contributed by atoms with van der Waals surface area (Å²) in [5, 5.41) is 3.15. The van der Waals surface area contributed by atoms with E-state index in [1.54, 1.807) is 0 Å². The van der Waals surface area contributed by atoms with Crippen molar-refractivity contribution in [3.05, 3.63) is 90.1 Å². The molecule has 0 spiro atoms. The Morgan fingerprint density at radius 2 is 1.19 bits per heavy atom. The normalized spacial score (nSPS) is 12.3. The monoisotopic (exact) mass is 433 g/mol. The van der Waals surface area contributed by atoms with E-state index in [0.29, 0.717) is 6.42 Å². The molecule has 1 aromatic carbocycles. The van der Waals surface area contributed by atoms with Gasteiger partial charge in [-0.25, -0.2) is 0 Å². The first-order valence-corrected chi connectivity index (χ1v) is 12.4. The number of hydrogen-bond acceptors (Lipinski definition) is 1. The number of amides is 1. The summed E-state index contributed by atoms with van der Waals surface area (Å²) in [5.74, 6) is 0.118. The molecule has 2 heteroatoms. The Kier molecular flexibility index (Phi) is 16.4. The highest BCUT2D eigenvalue weighted by atomic mass is 16.1. The fraction of sp³-hybridized carbons (Fsp3) is 0.433. The Labute approximate surface area is 196 Å². The van der Waals surface area contributed by atoms with E-state index in [9.17, 15) is 4.79 Å². The van der Waals surface area contributed by atoms with Gasteiger partial charge in [0.2, 0.25) is 5.91 Å². The molecule has 2 nitrogen and oxygen atoms in total. The summed E-state index contributed by atoms with van der Waals surface area (Å²) in [6, 6.07) is 6.28. The van der Waals surface area contributed by atoms with Crippen LogP contribution < -0.4 is 5.32 Å². The van der Waals surface area contributed by atoms with Crippen LogP contribution in [-0.2, 0) is 17.6 Å². The summed E-state index contributed by atoms with van der Waals surface area (Å²) < 4.78 is 0.